The minimum absolute atomic E-state index is 0.131. The molecule has 0 aliphatic heterocycles. The molecule has 1 aliphatic rings. The van der Waals surface area contributed by atoms with Crippen LogP contribution in [0.15, 0.2) is 64.0 Å². The molecule has 2 aromatic rings. The topological polar surface area (TPSA) is 75.0 Å². The number of hydrogen-bond donors (Lipinski definition) is 0. The largest absolute Gasteiger partial charge is 0.302 e. The monoisotopic (exact) mass is 389 g/mol. The SMILES string of the molecule is N#C[C@@]1(C=O)[C@H](S(=O)(=O)c2ccccc2)[C@@H]1c1ccc(Br)cc1. The van der Waals surface area contributed by atoms with Crippen LogP contribution in [-0.2, 0) is 14.6 Å². The lowest BCUT2D eigenvalue weighted by Gasteiger charge is -2.04. The maximum absolute atomic E-state index is 12.9. The fourth-order valence-corrected chi connectivity index (χ4v) is 5.51. The molecule has 4 nitrogen and oxygen atoms in total. The summed E-state index contributed by atoms with van der Waals surface area (Å²) >= 11 is 3.32. The van der Waals surface area contributed by atoms with Crippen LogP contribution < -0.4 is 0 Å². The van der Waals surface area contributed by atoms with Gasteiger partial charge >= 0.3 is 0 Å². The molecule has 0 saturated heterocycles. The fourth-order valence-electron chi connectivity index (χ4n) is 2.99. The van der Waals surface area contributed by atoms with Crippen LogP contribution in [0, 0.1) is 16.7 Å². The summed E-state index contributed by atoms with van der Waals surface area (Å²) in [6.45, 7) is 0. The quantitative estimate of drug-likeness (QED) is 0.752. The molecule has 2 aromatic carbocycles. The van der Waals surface area contributed by atoms with Crippen molar-refractivity contribution < 1.29 is 13.2 Å². The van der Waals surface area contributed by atoms with Crippen LogP contribution in [0.5, 0.6) is 0 Å². The molecule has 23 heavy (non-hydrogen) atoms. The number of aldehydes is 1. The Bertz CT molecular complexity index is 888. The van der Waals surface area contributed by atoms with E-state index in [0.717, 1.165) is 4.47 Å². The molecule has 0 unspecified atom stereocenters. The number of sulfone groups is 1. The first kappa shape index (κ1) is 15.9. The summed E-state index contributed by atoms with van der Waals surface area (Å²) in [5, 5.41) is 8.41. The van der Waals surface area contributed by atoms with Crippen molar-refractivity contribution in [2.45, 2.75) is 16.1 Å². The van der Waals surface area contributed by atoms with Crippen LogP contribution in [0.3, 0.4) is 0 Å². The van der Waals surface area contributed by atoms with E-state index in [1.54, 1.807) is 42.5 Å². The number of halogens is 1. The molecule has 1 fully saturated rings. The van der Waals surface area contributed by atoms with Crippen molar-refractivity contribution in [2.75, 3.05) is 0 Å². The van der Waals surface area contributed by atoms with Crippen molar-refractivity contribution >= 4 is 32.1 Å². The van der Waals surface area contributed by atoms with Crippen molar-refractivity contribution in [3.05, 3.63) is 64.6 Å². The van der Waals surface area contributed by atoms with E-state index in [1.807, 2.05) is 6.07 Å². The lowest BCUT2D eigenvalue weighted by molar-refractivity contribution is -0.110. The number of hydrogen-bond acceptors (Lipinski definition) is 4. The van der Waals surface area contributed by atoms with E-state index in [2.05, 4.69) is 15.9 Å². The van der Waals surface area contributed by atoms with Gasteiger partial charge in [-0.2, -0.15) is 5.26 Å². The van der Waals surface area contributed by atoms with Crippen LogP contribution in [-0.4, -0.2) is 20.0 Å². The molecule has 0 bridgehead atoms. The Kier molecular flexibility index (Phi) is 3.86. The first-order valence-corrected chi connectivity index (χ1v) is 9.23. The zero-order chi connectivity index (χ0) is 16.7. The van der Waals surface area contributed by atoms with Crippen molar-refractivity contribution in [3.63, 3.8) is 0 Å². The van der Waals surface area contributed by atoms with Gasteiger partial charge in [-0.15, -0.1) is 0 Å². The Morgan fingerprint density at radius 3 is 2.22 bits per heavy atom. The number of benzene rings is 2. The molecular formula is C17H12BrNO3S. The molecule has 0 radical (unpaired) electrons. The summed E-state index contributed by atoms with van der Waals surface area (Å²) in [5.41, 5.74) is -0.853. The van der Waals surface area contributed by atoms with Gasteiger partial charge in [-0.3, -0.25) is 0 Å². The predicted molar refractivity (Wildman–Crippen MR) is 88.4 cm³/mol. The standard InChI is InChI=1S/C17H12BrNO3S/c18-13-8-6-12(7-9-13)15-16(17(15,10-19)11-20)23(21,22)14-4-2-1-3-5-14/h1-9,11,15-16H/t15-,16+,17-/m0/s1. The predicted octanol–water partition coefficient (Wildman–Crippen LogP) is 3.10. The Morgan fingerprint density at radius 1 is 1.09 bits per heavy atom. The third-order valence-electron chi connectivity index (χ3n) is 4.20. The minimum atomic E-state index is -3.77. The second-order valence-corrected chi connectivity index (χ2v) is 8.46. The van der Waals surface area contributed by atoms with Gasteiger partial charge in [0.05, 0.1) is 11.0 Å². The zero-order valence-electron chi connectivity index (χ0n) is 11.9. The number of carbonyl (C=O) groups excluding carboxylic acids is 1. The maximum Gasteiger partial charge on any atom is 0.183 e. The minimum Gasteiger partial charge on any atom is -0.302 e. The molecule has 0 heterocycles. The number of carbonyl (C=O) groups is 1. The molecule has 0 N–H and O–H groups in total. The summed E-state index contributed by atoms with van der Waals surface area (Å²) in [7, 11) is -3.77. The van der Waals surface area contributed by atoms with Crippen molar-refractivity contribution in [2.24, 2.45) is 5.41 Å². The van der Waals surface area contributed by atoms with Crippen molar-refractivity contribution in [1.82, 2.24) is 0 Å². The molecule has 6 heteroatoms. The molecule has 1 aliphatic carbocycles. The third-order valence-corrected chi connectivity index (χ3v) is 6.99. The van der Waals surface area contributed by atoms with E-state index < -0.39 is 26.4 Å². The molecule has 3 rings (SSSR count). The highest BCUT2D eigenvalue weighted by atomic mass is 79.9. The Labute approximate surface area is 142 Å². The Hall–Kier alpha value is -1.97. The summed E-state index contributed by atoms with van der Waals surface area (Å²) in [6, 6.07) is 16.9. The van der Waals surface area contributed by atoms with Crippen LogP contribution in [0.2, 0.25) is 0 Å². The lowest BCUT2D eigenvalue weighted by atomic mass is 10.0. The average Bonchev–Trinajstić information content (AvgIpc) is 3.27. The van der Waals surface area contributed by atoms with Gasteiger partial charge in [0.1, 0.15) is 17.0 Å². The van der Waals surface area contributed by atoms with Gasteiger partial charge in [0.2, 0.25) is 0 Å². The van der Waals surface area contributed by atoms with Crippen molar-refractivity contribution in [1.29, 1.82) is 5.26 Å². The van der Waals surface area contributed by atoms with E-state index in [4.69, 9.17) is 0 Å². The van der Waals surface area contributed by atoms with Gasteiger partial charge in [-0.1, -0.05) is 46.3 Å². The van der Waals surface area contributed by atoms with Gasteiger partial charge in [-0.25, -0.2) is 8.42 Å². The smallest absolute Gasteiger partial charge is 0.183 e. The molecule has 0 aromatic heterocycles. The van der Waals surface area contributed by atoms with Crippen molar-refractivity contribution in [3.8, 4) is 6.07 Å². The van der Waals surface area contributed by atoms with E-state index in [1.165, 1.54) is 12.1 Å². The van der Waals surface area contributed by atoms with Crippen LogP contribution in [0.4, 0.5) is 0 Å². The first-order chi connectivity index (χ1) is 11.0. The summed E-state index contributed by atoms with van der Waals surface area (Å²) in [6.07, 6.45) is 0.477. The highest BCUT2D eigenvalue weighted by Gasteiger charge is 2.72. The molecule has 116 valence electrons. The number of nitriles is 1. The molecule has 1 saturated carbocycles. The van der Waals surface area contributed by atoms with Gasteiger partial charge in [0.25, 0.3) is 0 Å². The van der Waals surface area contributed by atoms with Gasteiger partial charge in [-0.05, 0) is 29.8 Å². The molecule has 0 amide bonds. The summed E-state index contributed by atoms with van der Waals surface area (Å²) in [5.74, 6) is -0.650. The zero-order valence-corrected chi connectivity index (χ0v) is 14.3. The molecule has 0 spiro atoms. The number of rotatable bonds is 4. The summed E-state index contributed by atoms with van der Waals surface area (Å²) in [4.78, 5) is 11.7. The number of nitrogens with zero attached hydrogens (tertiary/aromatic N) is 1. The van der Waals surface area contributed by atoms with E-state index in [0.29, 0.717) is 11.8 Å². The maximum atomic E-state index is 12.9. The van der Waals surface area contributed by atoms with Gasteiger partial charge in [0.15, 0.2) is 9.84 Å². The van der Waals surface area contributed by atoms with E-state index >= 15 is 0 Å². The third kappa shape index (κ3) is 2.41. The Balaban J connectivity index is 2.09. The van der Waals surface area contributed by atoms with Crippen LogP contribution in [0.25, 0.3) is 0 Å². The average molecular weight is 390 g/mol. The highest BCUT2D eigenvalue weighted by molar-refractivity contribution is 9.10. The Morgan fingerprint density at radius 2 is 1.70 bits per heavy atom. The van der Waals surface area contributed by atoms with E-state index in [9.17, 15) is 18.5 Å². The highest BCUT2D eigenvalue weighted by Crippen LogP contribution is 2.62. The van der Waals surface area contributed by atoms with Gasteiger partial charge in [0, 0.05) is 10.4 Å². The lowest BCUT2D eigenvalue weighted by Crippen LogP contribution is -2.16. The van der Waals surface area contributed by atoms with Gasteiger partial charge < -0.3 is 4.79 Å². The second-order valence-electron chi connectivity index (χ2n) is 5.47. The van der Waals surface area contributed by atoms with E-state index in [-0.39, 0.29) is 4.90 Å². The molecule has 3 atom stereocenters. The molecular weight excluding hydrogens is 378 g/mol. The first-order valence-electron chi connectivity index (χ1n) is 6.89. The normalized spacial score (nSPS) is 26.3. The second kappa shape index (κ2) is 5.59. The fraction of sp³-hybridized carbons (Fsp3) is 0.176. The summed E-state index contributed by atoms with van der Waals surface area (Å²) < 4.78 is 26.6. The van der Waals surface area contributed by atoms with Crippen LogP contribution in [0.1, 0.15) is 11.5 Å². The van der Waals surface area contributed by atoms with Crippen LogP contribution >= 0.6 is 15.9 Å².